The molecule has 1 aromatic heterocycles. The van der Waals surface area contributed by atoms with Crippen LogP contribution in [0.25, 0.3) is 66.6 Å². The molecule has 0 saturated carbocycles. The van der Waals surface area contributed by atoms with E-state index in [1.165, 1.54) is 111 Å². The minimum Gasteiger partial charge on any atom is -0.356 e. The van der Waals surface area contributed by atoms with Crippen molar-refractivity contribution < 1.29 is 0 Å². The zero-order valence-electron chi connectivity index (χ0n) is 37.9. The molecule has 4 atom stereocenters. The van der Waals surface area contributed by atoms with Crippen molar-refractivity contribution in [3.63, 3.8) is 0 Å². The van der Waals surface area contributed by atoms with Gasteiger partial charge >= 0.3 is 0 Å². The molecular formula is C65H50N2. The molecule has 4 aliphatic carbocycles. The number of nitrogens with zero attached hydrogens (tertiary/aromatic N) is 2. The summed E-state index contributed by atoms with van der Waals surface area (Å²) in [7, 11) is 0. The van der Waals surface area contributed by atoms with Crippen LogP contribution in [-0.2, 0) is 5.41 Å². The molecule has 0 spiro atoms. The fourth-order valence-corrected chi connectivity index (χ4v) is 13.1. The smallest absolute Gasteiger partial charge is 0.0677 e. The lowest BCUT2D eigenvalue weighted by Gasteiger charge is -2.42. The molecular weight excluding hydrogens is 809 g/mol. The molecule has 4 unspecified atom stereocenters. The van der Waals surface area contributed by atoms with Crippen LogP contribution in [0.5, 0.6) is 0 Å². The molecule has 0 N–H and O–H groups in total. The maximum atomic E-state index is 2.74. The summed E-state index contributed by atoms with van der Waals surface area (Å²) in [6.07, 6.45) is 18.7. The lowest BCUT2D eigenvalue weighted by molar-refractivity contribution is 0.511. The summed E-state index contributed by atoms with van der Waals surface area (Å²) in [6.45, 7) is 4.80. The summed E-state index contributed by atoms with van der Waals surface area (Å²) < 4.78 is 2.54. The first kappa shape index (κ1) is 38.6. The molecule has 1 aliphatic heterocycles. The van der Waals surface area contributed by atoms with Crippen molar-refractivity contribution in [2.24, 2.45) is 5.92 Å². The maximum Gasteiger partial charge on any atom is 0.0677 e. The van der Waals surface area contributed by atoms with E-state index in [2.05, 4.69) is 242 Å². The van der Waals surface area contributed by atoms with Crippen LogP contribution in [0.4, 0.5) is 5.69 Å². The van der Waals surface area contributed by atoms with Gasteiger partial charge in [-0.3, -0.25) is 0 Å². The minimum atomic E-state index is -0.410. The van der Waals surface area contributed by atoms with Gasteiger partial charge in [0, 0.05) is 33.6 Å². The summed E-state index contributed by atoms with van der Waals surface area (Å²) in [6, 6.07) is 67.4. The summed E-state index contributed by atoms with van der Waals surface area (Å²) in [5, 5.41) is 5.05. The predicted octanol–water partition coefficient (Wildman–Crippen LogP) is 16.0. The van der Waals surface area contributed by atoms with Crippen LogP contribution < -0.4 is 4.90 Å². The number of rotatable bonds is 5. The van der Waals surface area contributed by atoms with Gasteiger partial charge in [0.2, 0.25) is 0 Å². The van der Waals surface area contributed by atoms with E-state index in [0.717, 1.165) is 12.8 Å². The van der Waals surface area contributed by atoms with E-state index < -0.39 is 5.41 Å². The largest absolute Gasteiger partial charge is 0.356 e. The van der Waals surface area contributed by atoms with Gasteiger partial charge < -0.3 is 9.47 Å². The van der Waals surface area contributed by atoms with Crippen LogP contribution in [0.1, 0.15) is 71.6 Å². The molecule has 2 heteroatoms. The van der Waals surface area contributed by atoms with Gasteiger partial charge in [0.1, 0.15) is 0 Å². The zero-order chi connectivity index (χ0) is 44.4. The number of fused-ring (bicyclic) bond motifs is 10. The number of allylic oxidation sites excluding steroid dienone is 6. The fraction of sp³-hybridized carbons (Fsp3) is 0.138. The molecule has 2 heterocycles. The van der Waals surface area contributed by atoms with Gasteiger partial charge in [0.05, 0.1) is 28.5 Å². The van der Waals surface area contributed by atoms with E-state index in [9.17, 15) is 0 Å². The first-order valence-electron chi connectivity index (χ1n) is 24.3. The number of hydrogen-bond donors (Lipinski definition) is 0. The normalized spacial score (nSPS) is 20.8. The first-order chi connectivity index (χ1) is 33.1. The van der Waals surface area contributed by atoms with Crippen LogP contribution in [0.15, 0.2) is 218 Å². The summed E-state index contributed by atoms with van der Waals surface area (Å²) >= 11 is 0. The minimum absolute atomic E-state index is 0.265. The van der Waals surface area contributed by atoms with E-state index in [-0.39, 0.29) is 12.1 Å². The highest BCUT2D eigenvalue weighted by atomic mass is 15.2. The Balaban J connectivity index is 0.988. The van der Waals surface area contributed by atoms with Gasteiger partial charge in [-0.25, -0.2) is 0 Å². The second-order valence-electron chi connectivity index (χ2n) is 19.5. The van der Waals surface area contributed by atoms with Crippen LogP contribution in [0, 0.1) is 5.92 Å². The topological polar surface area (TPSA) is 8.17 Å². The molecule has 2 nitrogen and oxygen atoms in total. The molecule has 0 saturated heterocycles. The third-order valence-electron chi connectivity index (χ3n) is 16.1. The van der Waals surface area contributed by atoms with Crippen LogP contribution in [-0.4, -0.2) is 16.7 Å². The first-order valence-corrected chi connectivity index (χ1v) is 24.3. The Morgan fingerprint density at radius 2 is 1.31 bits per heavy atom. The average molecular weight is 859 g/mol. The van der Waals surface area contributed by atoms with Crippen molar-refractivity contribution in [3.8, 4) is 16.8 Å². The second-order valence-corrected chi connectivity index (χ2v) is 19.5. The molecule has 5 aliphatic rings. The van der Waals surface area contributed by atoms with Gasteiger partial charge in [-0.2, -0.15) is 0 Å². The molecule has 320 valence electrons. The third-order valence-corrected chi connectivity index (χ3v) is 16.1. The van der Waals surface area contributed by atoms with Gasteiger partial charge in [-0.1, -0.05) is 184 Å². The molecule has 67 heavy (non-hydrogen) atoms. The van der Waals surface area contributed by atoms with E-state index in [1.54, 1.807) is 0 Å². The molecule has 0 radical (unpaired) electrons. The van der Waals surface area contributed by atoms with Crippen molar-refractivity contribution in [2.75, 3.05) is 4.90 Å². The summed E-state index contributed by atoms with van der Waals surface area (Å²) in [4.78, 5) is 2.74. The highest BCUT2D eigenvalue weighted by molar-refractivity contribution is 6.13. The van der Waals surface area contributed by atoms with Crippen molar-refractivity contribution in [1.82, 2.24) is 4.57 Å². The second kappa shape index (κ2) is 14.7. The predicted molar refractivity (Wildman–Crippen MR) is 282 cm³/mol. The van der Waals surface area contributed by atoms with Crippen molar-refractivity contribution in [2.45, 2.75) is 50.1 Å². The molecule has 8 aromatic carbocycles. The highest BCUT2D eigenvalue weighted by Gasteiger charge is 2.48. The molecule has 9 aromatic rings. The monoisotopic (exact) mass is 858 g/mol. The van der Waals surface area contributed by atoms with Crippen molar-refractivity contribution >= 4 is 55.5 Å². The Bertz CT molecular complexity index is 3650. The van der Waals surface area contributed by atoms with Crippen LogP contribution in [0.2, 0.25) is 0 Å². The van der Waals surface area contributed by atoms with Gasteiger partial charge in [0.15, 0.2) is 0 Å². The summed E-state index contributed by atoms with van der Waals surface area (Å²) in [5.74, 6) is 0.765. The number of benzene rings is 8. The third kappa shape index (κ3) is 5.50. The number of hydrogen-bond acceptors (Lipinski definition) is 1. The van der Waals surface area contributed by atoms with Gasteiger partial charge in [0.25, 0.3) is 0 Å². The Kier molecular flexibility index (Phi) is 8.44. The Hall–Kier alpha value is -7.68. The van der Waals surface area contributed by atoms with Gasteiger partial charge in [-0.05, 0) is 139 Å². The van der Waals surface area contributed by atoms with Crippen LogP contribution in [0.3, 0.4) is 0 Å². The molecule has 0 bridgehead atoms. The van der Waals surface area contributed by atoms with E-state index in [4.69, 9.17) is 0 Å². The standard InChI is InChI=1S/C65H50N2/c1-41-16-15-26-53-55-37-46(31-35-62(55)67(64(41)53)60-33-29-44-18-11-12-24-51(44)42(60)2)47-30-34-61-56(38-47)57-39-54-52-25-13-14-27-58(52)65(48-20-5-3-6-21-48,49-22-7-4-8-23-49)59(54)40-63(57)66(61)50-32-28-43-17-9-10-19-45(43)36-50/h3-13,15-26,28-42,60,64H,14,27H2,1-2H3. The summed E-state index contributed by atoms with van der Waals surface area (Å²) in [5.41, 5.74) is 20.9. The van der Waals surface area contributed by atoms with E-state index in [1.807, 2.05) is 0 Å². The zero-order valence-corrected chi connectivity index (χ0v) is 37.9. The van der Waals surface area contributed by atoms with E-state index in [0.29, 0.717) is 11.8 Å². The highest BCUT2D eigenvalue weighted by Crippen LogP contribution is 2.59. The fourth-order valence-electron chi connectivity index (χ4n) is 13.1. The Labute approximate surface area is 392 Å². The van der Waals surface area contributed by atoms with Gasteiger partial charge in [-0.15, -0.1) is 0 Å². The number of anilines is 1. The quantitative estimate of drug-likeness (QED) is 0.167. The number of aromatic nitrogens is 1. The van der Waals surface area contributed by atoms with Crippen molar-refractivity contribution in [3.05, 3.63) is 257 Å². The lowest BCUT2D eigenvalue weighted by Crippen LogP contribution is -2.46. The molecule has 0 amide bonds. The molecule has 14 rings (SSSR count). The van der Waals surface area contributed by atoms with Crippen LogP contribution >= 0.6 is 0 Å². The maximum absolute atomic E-state index is 2.74. The average Bonchev–Trinajstić information content (AvgIpc) is 4.00. The van der Waals surface area contributed by atoms with E-state index >= 15 is 0 Å². The SMILES string of the molecule is CC1C=CC=C2c3cc(-c4ccc5c(c4)c4cc6c(cc4n5-c4ccc5ccccc5c4)C(c4ccccc4)(c4ccccc4)C4=C6C=CCC4)ccc3N(C3C=Cc4ccccc4C3C)C21. The Morgan fingerprint density at radius 1 is 0.582 bits per heavy atom. The van der Waals surface area contributed by atoms with Crippen molar-refractivity contribution in [1.29, 1.82) is 0 Å². The molecule has 0 fully saturated rings. The lowest BCUT2D eigenvalue weighted by atomic mass is 9.65. The Morgan fingerprint density at radius 3 is 2.15 bits per heavy atom.